The highest BCUT2D eigenvalue weighted by atomic mass is 79.9. The van der Waals surface area contributed by atoms with Crippen molar-refractivity contribution in [2.75, 3.05) is 26.6 Å². The van der Waals surface area contributed by atoms with E-state index in [2.05, 4.69) is 106 Å². The molecule has 10 rings (SSSR count). The fourth-order valence-electron chi connectivity index (χ4n) is 7.79. The van der Waals surface area contributed by atoms with Crippen molar-refractivity contribution in [3.63, 3.8) is 0 Å². The van der Waals surface area contributed by atoms with Crippen LogP contribution in [0.1, 0.15) is 31.1 Å². The van der Waals surface area contributed by atoms with Crippen LogP contribution in [0.4, 0.5) is 28.4 Å². The summed E-state index contributed by atoms with van der Waals surface area (Å²) in [6.45, 7) is 0. The number of aliphatic hydroxyl groups excluding tert-OH is 1. The number of nitrogens with one attached hydrogen (secondary N) is 5. The quantitative estimate of drug-likeness (QED) is 0.0580. The van der Waals surface area contributed by atoms with Crippen LogP contribution in [-0.2, 0) is 9.59 Å². The molecule has 3 unspecified atom stereocenters. The molecular formula is C65H43Br5Cl11N5O10. The van der Waals surface area contributed by atoms with Crippen LogP contribution >= 0.6 is 207 Å². The second-order valence-electron chi connectivity index (χ2n) is 19.5. The average Bonchev–Trinajstić information content (AvgIpc) is 0.801. The summed E-state index contributed by atoms with van der Waals surface area (Å²) in [5, 5.41) is 62.6. The van der Waals surface area contributed by atoms with Gasteiger partial charge < -0.3 is 52.1 Å². The number of benzene rings is 8. The molecule has 2 aliphatic rings. The van der Waals surface area contributed by atoms with E-state index in [-0.39, 0.29) is 76.5 Å². The van der Waals surface area contributed by atoms with Crippen LogP contribution < -0.4 is 26.6 Å². The van der Waals surface area contributed by atoms with Crippen molar-refractivity contribution >= 4 is 265 Å². The van der Waals surface area contributed by atoms with Crippen LogP contribution in [-0.4, -0.2) is 70.6 Å². The van der Waals surface area contributed by atoms with Crippen molar-refractivity contribution in [2.45, 2.75) is 15.5 Å². The summed E-state index contributed by atoms with van der Waals surface area (Å²) in [5.74, 6) is -3.90. The van der Waals surface area contributed by atoms with E-state index in [4.69, 9.17) is 128 Å². The van der Waals surface area contributed by atoms with Gasteiger partial charge in [-0.25, -0.2) is 0 Å². The minimum absolute atomic E-state index is 0.00690. The summed E-state index contributed by atoms with van der Waals surface area (Å²) < 4.78 is 2.12. The molecule has 0 bridgehead atoms. The van der Waals surface area contributed by atoms with Crippen LogP contribution in [0.3, 0.4) is 0 Å². The molecule has 0 aliphatic heterocycles. The topological polar surface area (TPSA) is 247 Å². The third kappa shape index (κ3) is 24.1. The molecule has 0 aromatic heterocycles. The number of phenols is 3. The number of halogens is 16. The molecular weight excluding hydrogens is 1800 g/mol. The third-order valence-corrected chi connectivity index (χ3v) is 18.3. The van der Waals surface area contributed by atoms with E-state index >= 15 is 0 Å². The Morgan fingerprint density at radius 3 is 1.41 bits per heavy atom. The zero-order valence-electron chi connectivity index (χ0n) is 47.9. The number of hydrogen-bond donors (Lipinski definition) is 10. The minimum Gasteiger partial charge on any atom is -0.507 e. The number of anilines is 5. The summed E-state index contributed by atoms with van der Waals surface area (Å²) in [6, 6.07) is 44.8. The van der Waals surface area contributed by atoms with E-state index in [1.807, 2.05) is 24.3 Å². The molecule has 0 radical (unpaired) electrons. The highest BCUT2D eigenvalue weighted by Crippen LogP contribution is 2.42. The first-order valence-electron chi connectivity index (χ1n) is 26.6. The van der Waals surface area contributed by atoms with Crippen LogP contribution in [0.15, 0.2) is 231 Å². The van der Waals surface area contributed by atoms with Crippen molar-refractivity contribution in [3.8, 4) is 17.2 Å². The lowest BCUT2D eigenvalue weighted by molar-refractivity contribution is -0.121. The predicted octanol–water partition coefficient (Wildman–Crippen LogP) is 21.7. The second-order valence-corrected chi connectivity index (χ2v) is 29.4. The Hall–Kier alpha value is -5.02. The maximum Gasteiger partial charge on any atom is 0.259 e. The first-order valence-corrected chi connectivity index (χ1v) is 34.7. The molecule has 31 heteroatoms. The van der Waals surface area contributed by atoms with Crippen molar-refractivity contribution < 1.29 is 49.5 Å². The first-order chi connectivity index (χ1) is 45.1. The summed E-state index contributed by atoms with van der Waals surface area (Å²) in [6.07, 6.45) is 3.82. The largest absolute Gasteiger partial charge is 0.507 e. The van der Waals surface area contributed by atoms with Gasteiger partial charge in [-0.3, -0.25) is 24.0 Å². The van der Waals surface area contributed by atoms with Crippen molar-refractivity contribution in [1.82, 2.24) is 0 Å². The lowest BCUT2D eigenvalue weighted by Crippen LogP contribution is -2.41. The molecule has 0 spiro atoms. The molecule has 8 aromatic rings. The highest BCUT2D eigenvalue weighted by molar-refractivity contribution is 9.11. The molecule has 15 nitrogen and oxygen atoms in total. The van der Waals surface area contributed by atoms with E-state index in [1.54, 1.807) is 121 Å². The zero-order valence-corrected chi connectivity index (χ0v) is 64.1. The van der Waals surface area contributed by atoms with Crippen molar-refractivity contribution in [3.05, 3.63) is 273 Å². The molecule has 0 heterocycles. The third-order valence-electron chi connectivity index (χ3n) is 12.4. The van der Waals surface area contributed by atoms with Gasteiger partial charge in [0.05, 0.1) is 36.8 Å². The van der Waals surface area contributed by atoms with E-state index in [1.165, 1.54) is 42.5 Å². The number of alkyl halides is 3. The number of phenolic OH excluding ortho intramolecular Hbond substituents is 3. The SMILES string of the molecule is O=C(Nc1ccc(Br)cc1)c1cc(Br)cc(Br)c1O.O=C(Nc1ccc(Br)cc1)c1cc(Br)ccc1O.O=C(Nc1ccc(Cl)cc1)c1cc(Cl)cc(Cl)c1O.O=C(Nc1cccc(Cl)c1)C1=CC(Cl)=CC(Cl)(Cl)C1O.O=C(Nc1cccc(Cl)c1)C1C=C(Cl)C=C(Cl)C1(O)Cl. The summed E-state index contributed by atoms with van der Waals surface area (Å²) in [7, 11) is 0. The fraction of sp³-hybridized carbons (Fsp3) is 0.0615. The number of amides is 5. The molecule has 0 fully saturated rings. The monoisotopic (exact) mass is 1830 g/mol. The Kier molecular flexibility index (Phi) is 30.7. The van der Waals surface area contributed by atoms with Gasteiger partial charge in [-0.15, -0.1) is 0 Å². The fourth-order valence-corrected chi connectivity index (χ4v) is 12.5. The normalized spacial score (nSPS) is 15.7. The van der Waals surface area contributed by atoms with Crippen molar-refractivity contribution in [2.24, 2.45) is 5.92 Å². The van der Waals surface area contributed by atoms with Gasteiger partial charge in [0, 0.05) is 76.5 Å². The lowest BCUT2D eigenvalue weighted by atomic mass is 9.95. The molecule has 10 N–H and O–H groups in total. The Morgan fingerprint density at radius 2 is 0.885 bits per heavy atom. The number of aromatic hydroxyl groups is 3. The molecule has 0 saturated carbocycles. The van der Waals surface area contributed by atoms with E-state index in [0.717, 1.165) is 13.4 Å². The summed E-state index contributed by atoms with van der Waals surface area (Å²) in [4.78, 5) is 60.4. The van der Waals surface area contributed by atoms with Gasteiger partial charge in [-0.05, 0) is 192 Å². The molecule has 2 aliphatic carbocycles. The van der Waals surface area contributed by atoms with Gasteiger partial charge in [0.1, 0.15) is 29.3 Å². The highest BCUT2D eigenvalue weighted by Gasteiger charge is 2.44. The zero-order chi connectivity index (χ0) is 70.9. The molecule has 8 aromatic carbocycles. The number of carbonyl (C=O) groups excluding carboxylic acids is 5. The molecule has 96 heavy (non-hydrogen) atoms. The average molecular weight is 1840 g/mol. The molecule has 3 atom stereocenters. The number of rotatable bonds is 10. The Labute approximate surface area is 645 Å². The standard InChI is InChI=1S/C13H8Br3NO2.C13H9Br2NO2.2C13H9Cl4NO2.C13H8Cl3NO2/c14-7-1-3-9(4-2-7)17-13(19)10-5-8(15)6-11(16)12(10)18;14-8-1-4-10(5-2-8)16-13(18)11-7-9(15)3-6-12(11)17;14-7-2-1-3-9(4-7)18-12(20)10-5-8(15)6-13(16,17)11(10)19;14-7-2-1-3-9(4-7)18-12(19)10-5-8(15)6-11(16)13(10,17)20;14-7-1-3-9(4-2-7)17-13(19)10-5-8(15)6-11(16)12(10)18/h1-6,18H,(H,17,19);1-7,17H,(H,16,18);1-6,11,19H,(H,18,20);1-6,10,20H,(H,18,19);1-6,18H,(H,17,19). The number of hydrogen-bond acceptors (Lipinski definition) is 10. The van der Waals surface area contributed by atoms with E-state index < -0.39 is 39.1 Å². The number of carbonyl (C=O) groups is 5. The van der Waals surface area contributed by atoms with E-state index in [9.17, 15) is 49.5 Å². The molecule has 500 valence electrons. The van der Waals surface area contributed by atoms with Crippen LogP contribution in [0.2, 0.25) is 25.1 Å². The molecule has 5 amide bonds. The maximum absolute atomic E-state index is 12.2. The van der Waals surface area contributed by atoms with Gasteiger partial charge in [-0.2, -0.15) is 0 Å². The number of aliphatic hydroxyl groups is 2. The van der Waals surface area contributed by atoms with Gasteiger partial charge >= 0.3 is 0 Å². The smallest absolute Gasteiger partial charge is 0.259 e. The first kappa shape index (κ1) is 80.0. The van der Waals surface area contributed by atoms with Crippen LogP contribution in [0.25, 0.3) is 0 Å². The van der Waals surface area contributed by atoms with Crippen LogP contribution in [0, 0.1) is 5.92 Å². The summed E-state index contributed by atoms with van der Waals surface area (Å²) >= 11 is 80.5. The Bertz CT molecular complexity index is 4230. The van der Waals surface area contributed by atoms with Gasteiger partial charge in [0.2, 0.25) is 5.91 Å². The lowest BCUT2D eigenvalue weighted by Gasteiger charge is -2.30. The minimum atomic E-state index is -2.03. The van der Waals surface area contributed by atoms with Gasteiger partial charge in [0.25, 0.3) is 23.6 Å². The second kappa shape index (κ2) is 36.9. The predicted molar refractivity (Wildman–Crippen MR) is 406 cm³/mol. The van der Waals surface area contributed by atoms with Gasteiger partial charge in [-0.1, -0.05) is 203 Å². The maximum atomic E-state index is 12.2. The Balaban J connectivity index is 0.000000190. The Morgan fingerprint density at radius 1 is 0.427 bits per heavy atom. The van der Waals surface area contributed by atoms with Crippen LogP contribution in [0.5, 0.6) is 17.2 Å². The van der Waals surface area contributed by atoms with Gasteiger partial charge in [0.15, 0.2) is 9.39 Å². The summed E-state index contributed by atoms with van der Waals surface area (Å²) in [5.41, 5.74) is 3.24. The van der Waals surface area contributed by atoms with Crippen molar-refractivity contribution in [1.29, 1.82) is 0 Å². The van der Waals surface area contributed by atoms with E-state index in [0.29, 0.717) is 52.5 Å². The number of allylic oxidation sites excluding steroid dienone is 4. The molecule has 0 saturated heterocycles.